The zero-order valence-electron chi connectivity index (χ0n) is 23.6. The van der Waals surface area contributed by atoms with Gasteiger partial charge in [0.25, 0.3) is 0 Å². The van der Waals surface area contributed by atoms with Crippen LogP contribution in [0.5, 0.6) is 11.5 Å². The molecule has 1 heterocycles. The molecule has 8 nitrogen and oxygen atoms in total. The van der Waals surface area contributed by atoms with E-state index in [0.717, 1.165) is 29.7 Å². The van der Waals surface area contributed by atoms with Crippen LogP contribution in [-0.4, -0.2) is 59.1 Å². The maximum atomic E-state index is 12.7. The van der Waals surface area contributed by atoms with Crippen molar-refractivity contribution in [1.29, 1.82) is 0 Å². The Labute approximate surface area is 231 Å². The van der Waals surface area contributed by atoms with Crippen molar-refractivity contribution in [1.82, 2.24) is 10.2 Å². The van der Waals surface area contributed by atoms with Crippen molar-refractivity contribution in [3.8, 4) is 11.5 Å². The van der Waals surface area contributed by atoms with Gasteiger partial charge in [-0.2, -0.15) is 0 Å². The molecule has 1 atom stereocenters. The molecule has 0 saturated carbocycles. The van der Waals surface area contributed by atoms with E-state index in [4.69, 9.17) is 9.47 Å². The van der Waals surface area contributed by atoms with Gasteiger partial charge in [0, 0.05) is 32.4 Å². The zero-order chi connectivity index (χ0) is 28.4. The average molecular weight is 539 g/mol. The van der Waals surface area contributed by atoms with Gasteiger partial charge in [-0.05, 0) is 88.3 Å². The topological polar surface area (TPSA) is 105 Å². The molecule has 39 heavy (non-hydrogen) atoms. The third-order valence-electron chi connectivity index (χ3n) is 6.72. The number of amides is 2. The highest BCUT2D eigenvalue weighted by atomic mass is 16.5. The number of ether oxygens (including phenoxy) is 2. The van der Waals surface area contributed by atoms with Gasteiger partial charge in [0.05, 0.1) is 6.61 Å². The van der Waals surface area contributed by atoms with E-state index < -0.39 is 12.0 Å². The van der Waals surface area contributed by atoms with E-state index in [2.05, 4.69) is 5.32 Å². The number of rotatable bonds is 12. The molecule has 0 bridgehead atoms. The van der Waals surface area contributed by atoms with E-state index in [1.54, 1.807) is 0 Å². The summed E-state index contributed by atoms with van der Waals surface area (Å²) >= 11 is 0. The Morgan fingerprint density at radius 2 is 1.56 bits per heavy atom. The van der Waals surface area contributed by atoms with Crippen LogP contribution in [-0.2, 0) is 27.2 Å². The lowest BCUT2D eigenvalue weighted by Crippen LogP contribution is -2.44. The Morgan fingerprint density at radius 3 is 2.13 bits per heavy atom. The van der Waals surface area contributed by atoms with Crippen molar-refractivity contribution in [3.05, 3.63) is 59.7 Å². The molecule has 2 aromatic rings. The van der Waals surface area contributed by atoms with Gasteiger partial charge < -0.3 is 24.8 Å². The highest BCUT2D eigenvalue weighted by Crippen LogP contribution is 2.23. The maximum Gasteiger partial charge on any atom is 0.326 e. The fourth-order valence-corrected chi connectivity index (χ4v) is 4.71. The third-order valence-corrected chi connectivity index (χ3v) is 6.72. The number of likely N-dealkylation sites (tertiary alicyclic amines) is 1. The van der Waals surface area contributed by atoms with E-state index >= 15 is 0 Å². The van der Waals surface area contributed by atoms with Crippen molar-refractivity contribution >= 4 is 17.8 Å². The molecule has 0 spiro atoms. The summed E-state index contributed by atoms with van der Waals surface area (Å²) < 4.78 is 11.3. The van der Waals surface area contributed by atoms with Crippen LogP contribution in [0.2, 0.25) is 0 Å². The maximum absolute atomic E-state index is 12.7. The lowest BCUT2D eigenvalue weighted by Gasteiger charge is -2.32. The fraction of sp³-hybridized carbons (Fsp3) is 0.516. The average Bonchev–Trinajstić information content (AvgIpc) is 2.88. The summed E-state index contributed by atoms with van der Waals surface area (Å²) in [5.74, 6) is 0.457. The second kappa shape index (κ2) is 14.0. The minimum absolute atomic E-state index is 0.122. The molecule has 212 valence electrons. The summed E-state index contributed by atoms with van der Waals surface area (Å²) in [6, 6.07) is 14.1. The van der Waals surface area contributed by atoms with Crippen LogP contribution >= 0.6 is 0 Å². The lowest BCUT2D eigenvalue weighted by atomic mass is 9.92. The SMILES string of the molecule is CCOc1ccc(CCC(=O)N2CCC(CC(=O)N[C@@H](Cc3ccc(OC(C)(C)C)cc3)C(=O)O)CC2)cc1. The van der Waals surface area contributed by atoms with Gasteiger partial charge in [-0.3, -0.25) is 9.59 Å². The second-order valence-corrected chi connectivity index (χ2v) is 11.1. The highest BCUT2D eigenvalue weighted by molar-refractivity contribution is 5.84. The lowest BCUT2D eigenvalue weighted by molar-refractivity contribution is -0.142. The van der Waals surface area contributed by atoms with Gasteiger partial charge in [0.2, 0.25) is 11.8 Å². The van der Waals surface area contributed by atoms with Gasteiger partial charge in [0.15, 0.2) is 0 Å². The van der Waals surface area contributed by atoms with Gasteiger partial charge in [-0.15, -0.1) is 0 Å². The summed E-state index contributed by atoms with van der Waals surface area (Å²) in [6.07, 6.45) is 3.04. The number of carboxylic acids is 1. The molecule has 3 rings (SSSR count). The molecule has 2 aromatic carbocycles. The quantitative estimate of drug-likeness (QED) is 0.408. The molecule has 0 aromatic heterocycles. The predicted octanol–water partition coefficient (Wildman–Crippen LogP) is 4.64. The molecule has 8 heteroatoms. The molecule has 0 unspecified atom stereocenters. The van der Waals surface area contributed by atoms with Crippen LogP contribution in [0, 0.1) is 5.92 Å². The van der Waals surface area contributed by atoms with E-state index in [1.165, 1.54) is 0 Å². The number of aryl methyl sites for hydroxylation is 1. The van der Waals surface area contributed by atoms with Crippen LogP contribution in [0.1, 0.15) is 64.5 Å². The summed E-state index contributed by atoms with van der Waals surface area (Å²) in [5.41, 5.74) is 1.58. The number of hydrogen-bond acceptors (Lipinski definition) is 5. The summed E-state index contributed by atoms with van der Waals surface area (Å²) in [4.78, 5) is 39.1. The van der Waals surface area contributed by atoms with E-state index in [0.29, 0.717) is 38.3 Å². The molecular formula is C31H42N2O6. The van der Waals surface area contributed by atoms with Crippen LogP contribution in [0.25, 0.3) is 0 Å². The van der Waals surface area contributed by atoms with Crippen LogP contribution in [0.3, 0.4) is 0 Å². The molecule has 1 aliphatic rings. The minimum atomic E-state index is -1.06. The Bertz CT molecular complexity index is 1080. The van der Waals surface area contributed by atoms with Gasteiger partial charge >= 0.3 is 5.97 Å². The minimum Gasteiger partial charge on any atom is -0.494 e. The number of carbonyl (C=O) groups excluding carboxylic acids is 2. The number of carboxylic acid groups (broad SMARTS) is 1. The van der Waals surface area contributed by atoms with E-state index in [-0.39, 0.29) is 36.2 Å². The standard InChI is InChI=1S/C31H42N2O6/c1-5-38-25-11-6-22(7-12-25)10-15-29(35)33-18-16-24(17-19-33)21-28(34)32-27(30(36)37)20-23-8-13-26(14-9-23)39-31(2,3)4/h6-9,11-14,24,27H,5,10,15-21H2,1-4H3,(H,32,34)(H,36,37)/t27-/m0/s1. The largest absolute Gasteiger partial charge is 0.494 e. The monoisotopic (exact) mass is 538 g/mol. The Balaban J connectivity index is 1.40. The molecule has 1 saturated heterocycles. The van der Waals surface area contributed by atoms with Crippen LogP contribution in [0.4, 0.5) is 0 Å². The van der Waals surface area contributed by atoms with Gasteiger partial charge in [-0.1, -0.05) is 24.3 Å². The van der Waals surface area contributed by atoms with Gasteiger partial charge in [0.1, 0.15) is 23.1 Å². The number of aliphatic carboxylic acids is 1. The molecule has 2 N–H and O–H groups in total. The molecular weight excluding hydrogens is 496 g/mol. The van der Waals surface area contributed by atoms with Crippen molar-refractivity contribution in [2.24, 2.45) is 5.92 Å². The normalized spacial score (nSPS) is 14.9. The third kappa shape index (κ3) is 10.3. The first-order chi connectivity index (χ1) is 18.5. The zero-order valence-corrected chi connectivity index (χ0v) is 23.6. The number of piperidine rings is 1. The molecule has 0 aliphatic carbocycles. The van der Waals surface area contributed by atoms with Crippen molar-refractivity contribution in [2.45, 2.75) is 77.9 Å². The first kappa shape index (κ1) is 30.0. The number of nitrogens with zero attached hydrogens (tertiary/aromatic N) is 1. The number of carbonyl (C=O) groups is 3. The number of nitrogens with one attached hydrogen (secondary N) is 1. The summed E-state index contributed by atoms with van der Waals surface area (Å²) in [7, 11) is 0. The van der Waals surface area contributed by atoms with Crippen LogP contribution in [0.15, 0.2) is 48.5 Å². The predicted molar refractivity (Wildman–Crippen MR) is 150 cm³/mol. The Morgan fingerprint density at radius 1 is 0.974 bits per heavy atom. The van der Waals surface area contributed by atoms with E-state index in [9.17, 15) is 19.5 Å². The highest BCUT2D eigenvalue weighted by Gasteiger charge is 2.26. The first-order valence-electron chi connectivity index (χ1n) is 13.8. The van der Waals surface area contributed by atoms with Gasteiger partial charge in [-0.25, -0.2) is 4.79 Å². The smallest absolute Gasteiger partial charge is 0.326 e. The van der Waals surface area contributed by atoms with Crippen molar-refractivity contribution < 1.29 is 29.0 Å². The number of hydrogen-bond donors (Lipinski definition) is 2. The second-order valence-electron chi connectivity index (χ2n) is 11.1. The fourth-order valence-electron chi connectivity index (χ4n) is 4.71. The summed E-state index contributed by atoms with van der Waals surface area (Å²) in [5, 5.41) is 12.4. The Kier molecular flexibility index (Phi) is 10.8. The molecule has 0 radical (unpaired) electrons. The first-order valence-corrected chi connectivity index (χ1v) is 13.8. The summed E-state index contributed by atoms with van der Waals surface area (Å²) in [6.45, 7) is 9.69. The van der Waals surface area contributed by atoms with Crippen molar-refractivity contribution in [3.63, 3.8) is 0 Å². The van der Waals surface area contributed by atoms with Crippen LogP contribution < -0.4 is 14.8 Å². The molecule has 1 aliphatic heterocycles. The Hall–Kier alpha value is -3.55. The van der Waals surface area contributed by atoms with Crippen molar-refractivity contribution in [2.75, 3.05) is 19.7 Å². The molecule has 2 amide bonds. The van der Waals surface area contributed by atoms with E-state index in [1.807, 2.05) is 81.1 Å². The number of benzene rings is 2. The molecule has 1 fully saturated rings.